The van der Waals surface area contributed by atoms with Gasteiger partial charge in [-0.15, -0.1) is 0 Å². The van der Waals surface area contributed by atoms with E-state index in [-0.39, 0.29) is 6.04 Å². The Morgan fingerprint density at radius 2 is 1.84 bits per heavy atom. The van der Waals surface area contributed by atoms with Crippen LogP contribution < -0.4 is 15.5 Å². The van der Waals surface area contributed by atoms with Crippen molar-refractivity contribution in [2.24, 2.45) is 0 Å². The van der Waals surface area contributed by atoms with Gasteiger partial charge in [0.15, 0.2) is 0 Å². The molecule has 2 aliphatic heterocycles. The number of amides is 2. The standard InChI is InChI=1S/C25H29N5O2/c1-29-14-11-19-15-18(9-10-22(19)29)23(30-12-5-2-6-13-30)17-27-24(31)25(32)28-21-8-4-3-7-20(21)16-26/h3-4,7-10,15,23H,2,5-6,11-14,17H2,1H3,(H,27,31)(H,28,32)/t23-/m0/s1. The van der Waals surface area contributed by atoms with Crippen LogP contribution in [0.25, 0.3) is 0 Å². The number of nitriles is 1. The molecule has 2 heterocycles. The molecule has 2 aromatic rings. The Balaban J connectivity index is 1.46. The third-order valence-corrected chi connectivity index (χ3v) is 6.41. The van der Waals surface area contributed by atoms with Crippen LogP contribution in [0.15, 0.2) is 42.5 Å². The normalized spacial score (nSPS) is 16.7. The first kappa shape index (κ1) is 21.8. The molecule has 2 aromatic carbocycles. The number of nitrogens with zero attached hydrogens (tertiary/aromatic N) is 3. The number of piperidine rings is 1. The lowest BCUT2D eigenvalue weighted by atomic mass is 9.98. The number of carbonyl (C=O) groups excluding carboxylic acids is 2. The minimum Gasteiger partial charge on any atom is -0.374 e. The zero-order chi connectivity index (χ0) is 22.5. The Labute approximate surface area is 189 Å². The third-order valence-electron chi connectivity index (χ3n) is 6.41. The summed E-state index contributed by atoms with van der Waals surface area (Å²) in [5, 5.41) is 14.6. The first-order valence-corrected chi connectivity index (χ1v) is 11.2. The predicted molar refractivity (Wildman–Crippen MR) is 124 cm³/mol. The van der Waals surface area contributed by atoms with Crippen LogP contribution in [0, 0.1) is 11.3 Å². The van der Waals surface area contributed by atoms with Crippen molar-refractivity contribution in [2.75, 3.05) is 43.4 Å². The maximum absolute atomic E-state index is 12.6. The van der Waals surface area contributed by atoms with E-state index < -0.39 is 11.8 Å². The van der Waals surface area contributed by atoms with Gasteiger partial charge in [0.2, 0.25) is 0 Å². The summed E-state index contributed by atoms with van der Waals surface area (Å²) in [6, 6.07) is 15.3. The van der Waals surface area contributed by atoms with Crippen LogP contribution in [0.1, 0.15) is 42.0 Å². The summed E-state index contributed by atoms with van der Waals surface area (Å²) in [5.41, 5.74) is 4.44. The van der Waals surface area contributed by atoms with Gasteiger partial charge in [0.05, 0.1) is 17.3 Å². The number of rotatable bonds is 5. The van der Waals surface area contributed by atoms with Gasteiger partial charge in [0.1, 0.15) is 6.07 Å². The Bertz CT molecular complexity index is 1040. The average Bonchev–Trinajstić information content (AvgIpc) is 3.20. The Kier molecular flexibility index (Phi) is 6.72. The molecule has 1 fully saturated rings. The van der Waals surface area contributed by atoms with E-state index in [9.17, 15) is 14.9 Å². The number of fused-ring (bicyclic) bond motifs is 1. The Morgan fingerprint density at radius 1 is 1.06 bits per heavy atom. The monoisotopic (exact) mass is 431 g/mol. The van der Waals surface area contributed by atoms with Crippen molar-refractivity contribution in [3.63, 3.8) is 0 Å². The molecule has 1 saturated heterocycles. The summed E-state index contributed by atoms with van der Waals surface area (Å²) in [5.74, 6) is -1.46. The number of likely N-dealkylation sites (tertiary alicyclic amines) is 1. The summed E-state index contributed by atoms with van der Waals surface area (Å²) in [6.07, 6.45) is 4.54. The van der Waals surface area contributed by atoms with E-state index in [1.54, 1.807) is 24.3 Å². The van der Waals surface area contributed by atoms with Gasteiger partial charge in [0.25, 0.3) is 0 Å². The lowest BCUT2D eigenvalue weighted by Crippen LogP contribution is -2.43. The van der Waals surface area contributed by atoms with Gasteiger partial charge < -0.3 is 15.5 Å². The molecule has 2 aliphatic rings. The largest absolute Gasteiger partial charge is 0.374 e. The first-order valence-electron chi connectivity index (χ1n) is 11.2. The molecule has 0 radical (unpaired) electrons. The van der Waals surface area contributed by atoms with Crippen LogP contribution >= 0.6 is 0 Å². The van der Waals surface area contributed by atoms with Crippen molar-refractivity contribution in [2.45, 2.75) is 31.7 Å². The van der Waals surface area contributed by atoms with Gasteiger partial charge in [-0.1, -0.05) is 30.7 Å². The maximum Gasteiger partial charge on any atom is 0.313 e. The minimum absolute atomic E-state index is 0.0228. The highest BCUT2D eigenvalue weighted by atomic mass is 16.2. The molecule has 0 unspecified atom stereocenters. The van der Waals surface area contributed by atoms with Crippen molar-refractivity contribution in [1.29, 1.82) is 5.26 Å². The molecule has 7 heteroatoms. The SMILES string of the molecule is CN1CCc2cc([C@H](CNC(=O)C(=O)Nc3ccccc3C#N)N3CCCCC3)ccc21. The van der Waals surface area contributed by atoms with Crippen LogP contribution in [0.2, 0.25) is 0 Å². The van der Waals surface area contributed by atoms with Crippen molar-refractivity contribution in [3.05, 3.63) is 59.2 Å². The molecule has 32 heavy (non-hydrogen) atoms. The fraction of sp³-hybridized carbons (Fsp3) is 0.400. The highest BCUT2D eigenvalue weighted by Gasteiger charge is 2.26. The summed E-state index contributed by atoms with van der Waals surface area (Å²) >= 11 is 0. The molecule has 0 spiro atoms. The van der Waals surface area contributed by atoms with Crippen LogP contribution in [0.3, 0.4) is 0 Å². The summed E-state index contributed by atoms with van der Waals surface area (Å²) in [4.78, 5) is 29.7. The second-order valence-electron chi connectivity index (χ2n) is 8.49. The van der Waals surface area contributed by atoms with E-state index in [1.165, 1.54) is 23.2 Å². The molecule has 0 aliphatic carbocycles. The van der Waals surface area contributed by atoms with Crippen LogP contribution in [-0.4, -0.2) is 49.9 Å². The van der Waals surface area contributed by atoms with Gasteiger partial charge >= 0.3 is 11.8 Å². The summed E-state index contributed by atoms with van der Waals surface area (Å²) in [6.45, 7) is 3.35. The first-order chi connectivity index (χ1) is 15.6. The van der Waals surface area contributed by atoms with E-state index in [2.05, 4.69) is 45.7 Å². The molecule has 2 N–H and O–H groups in total. The van der Waals surface area contributed by atoms with Gasteiger partial charge in [-0.25, -0.2) is 0 Å². The minimum atomic E-state index is -0.763. The lowest BCUT2D eigenvalue weighted by Gasteiger charge is -2.35. The van der Waals surface area contributed by atoms with E-state index >= 15 is 0 Å². The smallest absolute Gasteiger partial charge is 0.313 e. The van der Waals surface area contributed by atoms with Crippen molar-refractivity contribution >= 4 is 23.2 Å². The number of anilines is 2. The van der Waals surface area contributed by atoms with Crippen LogP contribution in [-0.2, 0) is 16.0 Å². The number of likely N-dealkylation sites (N-methyl/N-ethyl adjacent to an activating group) is 1. The maximum atomic E-state index is 12.6. The molecular weight excluding hydrogens is 402 g/mol. The molecule has 0 aromatic heterocycles. The molecule has 0 saturated carbocycles. The highest BCUT2D eigenvalue weighted by Crippen LogP contribution is 2.32. The zero-order valence-corrected chi connectivity index (χ0v) is 18.4. The van der Waals surface area contributed by atoms with Gasteiger partial charge in [-0.05, 0) is 61.7 Å². The summed E-state index contributed by atoms with van der Waals surface area (Å²) < 4.78 is 0. The van der Waals surface area contributed by atoms with Crippen molar-refractivity contribution in [1.82, 2.24) is 10.2 Å². The molecular formula is C25H29N5O2. The van der Waals surface area contributed by atoms with Crippen molar-refractivity contribution < 1.29 is 9.59 Å². The Morgan fingerprint density at radius 3 is 2.62 bits per heavy atom. The number of para-hydroxylation sites is 1. The average molecular weight is 432 g/mol. The molecule has 166 valence electrons. The molecule has 1 atom stereocenters. The van der Waals surface area contributed by atoms with Crippen LogP contribution in [0.4, 0.5) is 11.4 Å². The van der Waals surface area contributed by atoms with Gasteiger partial charge in [-0.3, -0.25) is 14.5 Å². The van der Waals surface area contributed by atoms with Crippen molar-refractivity contribution in [3.8, 4) is 6.07 Å². The van der Waals surface area contributed by atoms with E-state index in [1.807, 2.05) is 6.07 Å². The molecule has 4 rings (SSSR count). The van der Waals surface area contributed by atoms with Crippen LogP contribution in [0.5, 0.6) is 0 Å². The molecule has 7 nitrogen and oxygen atoms in total. The van der Waals surface area contributed by atoms with Gasteiger partial charge in [-0.2, -0.15) is 5.26 Å². The third kappa shape index (κ3) is 4.76. The summed E-state index contributed by atoms with van der Waals surface area (Å²) in [7, 11) is 2.11. The van der Waals surface area contributed by atoms with E-state index in [0.29, 0.717) is 17.8 Å². The van der Waals surface area contributed by atoms with Gasteiger partial charge in [0, 0.05) is 25.8 Å². The lowest BCUT2D eigenvalue weighted by molar-refractivity contribution is -0.136. The number of hydrogen-bond donors (Lipinski definition) is 2. The topological polar surface area (TPSA) is 88.5 Å². The number of benzene rings is 2. The molecule has 2 amide bonds. The van der Waals surface area contributed by atoms with E-state index in [0.717, 1.165) is 38.9 Å². The number of hydrogen-bond acceptors (Lipinski definition) is 5. The number of carbonyl (C=O) groups is 2. The molecule has 0 bridgehead atoms. The Hall–Kier alpha value is -3.37. The number of nitrogens with one attached hydrogen (secondary N) is 2. The fourth-order valence-corrected chi connectivity index (χ4v) is 4.62. The predicted octanol–water partition coefficient (Wildman–Crippen LogP) is 2.83. The highest BCUT2D eigenvalue weighted by molar-refractivity contribution is 6.39. The van der Waals surface area contributed by atoms with E-state index in [4.69, 9.17) is 0 Å². The fourth-order valence-electron chi connectivity index (χ4n) is 4.62. The second kappa shape index (κ2) is 9.84. The quantitative estimate of drug-likeness (QED) is 0.711. The second-order valence-corrected chi connectivity index (χ2v) is 8.49. The zero-order valence-electron chi connectivity index (χ0n) is 18.4.